The Morgan fingerprint density at radius 1 is 0.903 bits per heavy atom. The number of hydrogen-bond acceptors (Lipinski definition) is 4. The topological polar surface area (TPSA) is 67.4 Å². The third-order valence-electron chi connectivity index (χ3n) is 4.16. The second kappa shape index (κ2) is 10.6. The minimum Gasteiger partial charge on any atom is -0.435 e. The maximum absolute atomic E-state index is 12.7. The molecule has 0 atom stereocenters. The van der Waals surface area contributed by atoms with Gasteiger partial charge in [-0.3, -0.25) is 9.59 Å². The number of amides is 2. The van der Waals surface area contributed by atoms with Crippen molar-refractivity contribution < 1.29 is 23.1 Å². The first-order valence-corrected chi connectivity index (χ1v) is 10.3. The Hall–Kier alpha value is -3.39. The van der Waals surface area contributed by atoms with Crippen LogP contribution in [0.4, 0.5) is 20.2 Å². The van der Waals surface area contributed by atoms with Gasteiger partial charge in [-0.2, -0.15) is 8.78 Å². The lowest BCUT2D eigenvalue weighted by Crippen LogP contribution is -2.16. The second-order valence-corrected chi connectivity index (χ2v) is 7.57. The third kappa shape index (κ3) is 6.82. The SMILES string of the molecule is Cc1ccc(NC(=O)CSc2ccccc2C(=O)Nc2ccc(OC(F)F)cc2)cc1. The van der Waals surface area contributed by atoms with Gasteiger partial charge in [0.1, 0.15) is 5.75 Å². The van der Waals surface area contributed by atoms with Crippen LogP contribution >= 0.6 is 11.8 Å². The molecule has 5 nitrogen and oxygen atoms in total. The van der Waals surface area contributed by atoms with Crippen molar-refractivity contribution >= 4 is 35.0 Å². The van der Waals surface area contributed by atoms with Gasteiger partial charge in [-0.25, -0.2) is 0 Å². The molecule has 0 bridgehead atoms. The highest BCUT2D eigenvalue weighted by atomic mass is 32.2. The van der Waals surface area contributed by atoms with Gasteiger partial charge in [0.2, 0.25) is 5.91 Å². The zero-order valence-corrected chi connectivity index (χ0v) is 17.4. The number of aryl methyl sites for hydroxylation is 1. The van der Waals surface area contributed by atoms with E-state index in [1.54, 1.807) is 24.3 Å². The van der Waals surface area contributed by atoms with E-state index < -0.39 is 6.61 Å². The normalized spacial score (nSPS) is 10.6. The van der Waals surface area contributed by atoms with E-state index in [1.807, 2.05) is 31.2 Å². The van der Waals surface area contributed by atoms with Gasteiger partial charge in [0.05, 0.1) is 11.3 Å². The van der Waals surface area contributed by atoms with Crippen LogP contribution < -0.4 is 15.4 Å². The summed E-state index contributed by atoms with van der Waals surface area (Å²) in [4.78, 5) is 25.6. The van der Waals surface area contributed by atoms with E-state index in [9.17, 15) is 18.4 Å². The van der Waals surface area contributed by atoms with Crippen molar-refractivity contribution in [1.82, 2.24) is 0 Å². The predicted octanol–water partition coefficient (Wildman–Crippen LogP) is 5.58. The Bertz CT molecular complexity index is 1040. The molecule has 0 aliphatic carbocycles. The molecule has 3 aromatic carbocycles. The van der Waals surface area contributed by atoms with Crippen molar-refractivity contribution in [1.29, 1.82) is 0 Å². The van der Waals surface area contributed by atoms with Crippen LogP contribution in [-0.2, 0) is 4.79 Å². The summed E-state index contributed by atoms with van der Waals surface area (Å²) >= 11 is 1.25. The number of thioether (sulfide) groups is 1. The number of carbonyl (C=O) groups excluding carboxylic acids is 2. The number of halogens is 2. The molecule has 2 amide bonds. The van der Waals surface area contributed by atoms with Crippen LogP contribution in [-0.4, -0.2) is 24.2 Å². The lowest BCUT2D eigenvalue weighted by Gasteiger charge is -2.11. The zero-order chi connectivity index (χ0) is 22.2. The van der Waals surface area contributed by atoms with Crippen LogP contribution in [0.5, 0.6) is 5.75 Å². The molecule has 160 valence electrons. The monoisotopic (exact) mass is 442 g/mol. The highest BCUT2D eigenvalue weighted by Crippen LogP contribution is 2.25. The van der Waals surface area contributed by atoms with Gasteiger partial charge in [-0.15, -0.1) is 11.8 Å². The summed E-state index contributed by atoms with van der Waals surface area (Å²) < 4.78 is 28.8. The van der Waals surface area contributed by atoms with E-state index in [2.05, 4.69) is 15.4 Å². The van der Waals surface area contributed by atoms with E-state index in [4.69, 9.17) is 0 Å². The van der Waals surface area contributed by atoms with E-state index >= 15 is 0 Å². The number of hydrogen-bond donors (Lipinski definition) is 2. The van der Waals surface area contributed by atoms with Crippen LogP contribution in [0.15, 0.2) is 77.7 Å². The quantitative estimate of drug-likeness (QED) is 0.447. The van der Waals surface area contributed by atoms with Crippen molar-refractivity contribution in [3.63, 3.8) is 0 Å². The average Bonchev–Trinajstić information content (AvgIpc) is 2.75. The van der Waals surface area contributed by atoms with Gasteiger partial charge in [-0.05, 0) is 55.5 Å². The van der Waals surface area contributed by atoms with E-state index in [-0.39, 0.29) is 23.3 Å². The smallest absolute Gasteiger partial charge is 0.387 e. The van der Waals surface area contributed by atoms with E-state index in [0.29, 0.717) is 21.8 Å². The molecule has 0 heterocycles. The fourth-order valence-electron chi connectivity index (χ4n) is 2.68. The largest absolute Gasteiger partial charge is 0.435 e. The molecule has 0 aromatic heterocycles. The Kier molecular flexibility index (Phi) is 7.61. The zero-order valence-electron chi connectivity index (χ0n) is 16.6. The van der Waals surface area contributed by atoms with Crippen molar-refractivity contribution in [2.24, 2.45) is 0 Å². The average molecular weight is 442 g/mol. The van der Waals surface area contributed by atoms with E-state index in [1.165, 1.54) is 36.0 Å². The summed E-state index contributed by atoms with van der Waals surface area (Å²) in [7, 11) is 0. The Labute approximate surface area is 182 Å². The molecular formula is C23H20F2N2O3S. The standard InChI is InChI=1S/C23H20F2N2O3S/c1-15-6-8-16(9-7-15)26-21(28)14-31-20-5-3-2-4-19(20)22(29)27-17-10-12-18(13-11-17)30-23(24)25/h2-13,23H,14H2,1H3,(H,26,28)(H,27,29). The molecule has 8 heteroatoms. The molecule has 3 rings (SSSR count). The maximum atomic E-state index is 12.7. The van der Waals surface area contributed by atoms with Crippen LogP contribution in [0.1, 0.15) is 15.9 Å². The van der Waals surface area contributed by atoms with Gasteiger partial charge in [0.25, 0.3) is 5.91 Å². The fourth-order valence-corrected chi connectivity index (χ4v) is 3.53. The number of rotatable bonds is 8. The molecule has 0 aliphatic heterocycles. The number of anilines is 2. The molecule has 2 N–H and O–H groups in total. The summed E-state index contributed by atoms with van der Waals surface area (Å²) in [5, 5.41) is 5.54. The van der Waals surface area contributed by atoms with Gasteiger partial charge >= 0.3 is 6.61 Å². The molecule has 0 fully saturated rings. The van der Waals surface area contributed by atoms with Gasteiger partial charge in [-0.1, -0.05) is 29.8 Å². The van der Waals surface area contributed by atoms with Gasteiger partial charge in [0.15, 0.2) is 0 Å². The van der Waals surface area contributed by atoms with Crippen LogP contribution in [0.25, 0.3) is 0 Å². The van der Waals surface area contributed by atoms with Crippen molar-refractivity contribution in [2.45, 2.75) is 18.4 Å². The number of nitrogens with one attached hydrogen (secondary N) is 2. The minimum absolute atomic E-state index is 0.00328. The molecule has 0 saturated carbocycles. The molecule has 0 unspecified atom stereocenters. The van der Waals surface area contributed by atoms with Gasteiger partial charge in [0, 0.05) is 16.3 Å². The lowest BCUT2D eigenvalue weighted by atomic mass is 10.2. The van der Waals surface area contributed by atoms with Crippen molar-refractivity contribution in [3.8, 4) is 5.75 Å². The summed E-state index contributed by atoms with van der Waals surface area (Å²) in [5.74, 6) is -0.413. The minimum atomic E-state index is -2.91. The Morgan fingerprint density at radius 3 is 2.19 bits per heavy atom. The first-order chi connectivity index (χ1) is 14.9. The Morgan fingerprint density at radius 2 is 1.52 bits per heavy atom. The molecular weight excluding hydrogens is 422 g/mol. The van der Waals surface area contributed by atoms with Crippen molar-refractivity contribution in [3.05, 3.63) is 83.9 Å². The summed E-state index contributed by atoms with van der Waals surface area (Å²) in [5.41, 5.74) is 2.65. The molecule has 0 saturated heterocycles. The van der Waals surface area contributed by atoms with Crippen molar-refractivity contribution in [2.75, 3.05) is 16.4 Å². The Balaban J connectivity index is 1.60. The number of benzene rings is 3. The van der Waals surface area contributed by atoms with Gasteiger partial charge < -0.3 is 15.4 Å². The molecule has 0 radical (unpaired) electrons. The predicted molar refractivity (Wildman–Crippen MR) is 118 cm³/mol. The molecule has 0 spiro atoms. The molecule has 3 aromatic rings. The van der Waals surface area contributed by atoms with Crippen LogP contribution in [0, 0.1) is 6.92 Å². The maximum Gasteiger partial charge on any atom is 0.387 e. The number of ether oxygens (including phenoxy) is 1. The third-order valence-corrected chi connectivity index (χ3v) is 5.24. The fraction of sp³-hybridized carbons (Fsp3) is 0.130. The number of alkyl halides is 2. The van der Waals surface area contributed by atoms with Crippen LogP contribution in [0.2, 0.25) is 0 Å². The van der Waals surface area contributed by atoms with E-state index in [0.717, 1.165) is 5.56 Å². The number of carbonyl (C=O) groups is 2. The summed E-state index contributed by atoms with van der Waals surface area (Å²) in [6, 6.07) is 20.0. The summed E-state index contributed by atoms with van der Waals surface area (Å²) in [6.07, 6.45) is 0. The highest BCUT2D eigenvalue weighted by molar-refractivity contribution is 8.00. The lowest BCUT2D eigenvalue weighted by molar-refractivity contribution is -0.113. The first-order valence-electron chi connectivity index (χ1n) is 9.35. The van der Waals surface area contributed by atoms with Crippen LogP contribution in [0.3, 0.4) is 0 Å². The molecule has 31 heavy (non-hydrogen) atoms. The summed E-state index contributed by atoms with van der Waals surface area (Å²) in [6.45, 7) is -0.942. The molecule has 0 aliphatic rings. The first kappa shape index (κ1) is 22.3. The highest BCUT2D eigenvalue weighted by Gasteiger charge is 2.14. The second-order valence-electron chi connectivity index (χ2n) is 6.56.